The molecule has 2 aromatic heterocycles. The molecule has 0 bridgehead atoms. The maximum absolute atomic E-state index is 13.4. The third kappa shape index (κ3) is 6.18. The van der Waals surface area contributed by atoms with Crippen molar-refractivity contribution < 1.29 is 18.7 Å². The van der Waals surface area contributed by atoms with E-state index in [1.54, 1.807) is 16.7 Å². The van der Waals surface area contributed by atoms with Gasteiger partial charge in [-0.25, -0.2) is 4.39 Å². The first-order chi connectivity index (χ1) is 16.5. The van der Waals surface area contributed by atoms with Crippen molar-refractivity contribution in [3.05, 3.63) is 91.8 Å². The molecule has 1 aromatic carbocycles. The van der Waals surface area contributed by atoms with Gasteiger partial charge in [-0.1, -0.05) is 12.1 Å². The fourth-order valence-corrected chi connectivity index (χ4v) is 4.53. The Bertz CT molecular complexity index is 1200. The van der Waals surface area contributed by atoms with Crippen molar-refractivity contribution >= 4 is 23.2 Å². The van der Waals surface area contributed by atoms with Gasteiger partial charge in [-0.15, -0.1) is 0 Å². The molecule has 0 radical (unpaired) electrons. The van der Waals surface area contributed by atoms with Gasteiger partial charge in [0.1, 0.15) is 16.9 Å². The Morgan fingerprint density at radius 1 is 1.12 bits per heavy atom. The molecule has 2 N–H and O–H groups in total. The third-order valence-corrected chi connectivity index (χ3v) is 6.36. The lowest BCUT2D eigenvalue weighted by Gasteiger charge is -2.15. The normalized spacial score (nSPS) is 15.3. The number of nitrogens with one attached hydrogen (secondary N) is 2. The van der Waals surface area contributed by atoms with Gasteiger partial charge in [0.25, 0.3) is 11.8 Å². The lowest BCUT2D eigenvalue weighted by molar-refractivity contribution is 0.0925. The first kappa shape index (κ1) is 23.8. The van der Waals surface area contributed by atoms with Crippen LogP contribution in [0.5, 0.6) is 0 Å². The molecule has 3 aromatic rings. The molecule has 3 heterocycles. The molecule has 0 spiro atoms. The molecule has 178 valence electrons. The largest absolute Gasteiger partial charge is 0.376 e. The Morgan fingerprint density at radius 2 is 1.91 bits per heavy atom. The van der Waals surface area contributed by atoms with E-state index in [9.17, 15) is 18.8 Å². The number of hydrogen-bond donors (Lipinski definition) is 2. The van der Waals surface area contributed by atoms with Crippen LogP contribution >= 0.6 is 11.3 Å². The number of amides is 2. The Kier molecular flexibility index (Phi) is 7.87. The maximum Gasteiger partial charge on any atom is 0.257 e. The molecule has 7 nitrogen and oxygen atoms in total. The van der Waals surface area contributed by atoms with Crippen LogP contribution in [0.3, 0.4) is 0 Å². The van der Waals surface area contributed by atoms with E-state index in [4.69, 9.17) is 4.74 Å². The number of carbonyl (C=O) groups excluding carboxylic acids is 2. The van der Waals surface area contributed by atoms with E-state index < -0.39 is 17.2 Å². The second-order valence-corrected chi connectivity index (χ2v) is 8.98. The summed E-state index contributed by atoms with van der Waals surface area (Å²) >= 11 is 1.52. The van der Waals surface area contributed by atoms with Gasteiger partial charge < -0.3 is 19.9 Å². The number of rotatable bonds is 9. The second kappa shape index (κ2) is 11.2. The molecule has 1 aliphatic rings. The van der Waals surface area contributed by atoms with Crippen molar-refractivity contribution in [3.8, 4) is 0 Å². The van der Waals surface area contributed by atoms with Crippen molar-refractivity contribution in [3.63, 3.8) is 0 Å². The van der Waals surface area contributed by atoms with Gasteiger partial charge in [-0.3, -0.25) is 14.4 Å². The van der Waals surface area contributed by atoms with Crippen molar-refractivity contribution in [2.75, 3.05) is 13.2 Å². The smallest absolute Gasteiger partial charge is 0.257 e. The highest BCUT2D eigenvalue weighted by molar-refractivity contribution is 7.07. The predicted molar refractivity (Wildman–Crippen MR) is 128 cm³/mol. The molecule has 1 saturated heterocycles. The molecular formula is C25H26FN3O4S. The molecule has 0 aliphatic carbocycles. The first-order valence-electron chi connectivity index (χ1n) is 11.2. The van der Waals surface area contributed by atoms with E-state index in [-0.39, 0.29) is 36.1 Å². The molecule has 0 saturated carbocycles. The zero-order valence-electron chi connectivity index (χ0n) is 18.6. The van der Waals surface area contributed by atoms with E-state index in [1.807, 2.05) is 16.8 Å². The molecule has 1 aliphatic heterocycles. The van der Waals surface area contributed by atoms with Gasteiger partial charge in [0.2, 0.25) is 5.43 Å². The van der Waals surface area contributed by atoms with E-state index in [0.717, 1.165) is 24.0 Å². The van der Waals surface area contributed by atoms with E-state index >= 15 is 0 Å². The predicted octanol–water partition coefficient (Wildman–Crippen LogP) is 3.13. The molecule has 1 unspecified atom stereocenters. The van der Waals surface area contributed by atoms with Crippen LogP contribution in [0.1, 0.15) is 44.7 Å². The number of pyridine rings is 1. The minimum atomic E-state index is -0.630. The Balaban J connectivity index is 1.51. The van der Waals surface area contributed by atoms with Gasteiger partial charge in [0.15, 0.2) is 0 Å². The van der Waals surface area contributed by atoms with Gasteiger partial charge in [0.05, 0.1) is 6.10 Å². The van der Waals surface area contributed by atoms with E-state index in [2.05, 4.69) is 10.6 Å². The highest BCUT2D eigenvalue weighted by atomic mass is 32.1. The van der Waals surface area contributed by atoms with Gasteiger partial charge in [0, 0.05) is 38.6 Å². The minimum Gasteiger partial charge on any atom is -0.376 e. The number of halogens is 1. The zero-order valence-corrected chi connectivity index (χ0v) is 19.4. The highest BCUT2D eigenvalue weighted by Gasteiger charge is 2.22. The van der Waals surface area contributed by atoms with Crippen LogP contribution in [0, 0.1) is 5.82 Å². The number of carbonyl (C=O) groups is 2. The molecular weight excluding hydrogens is 457 g/mol. The van der Waals surface area contributed by atoms with Crippen LogP contribution in [0.2, 0.25) is 0 Å². The van der Waals surface area contributed by atoms with Crippen LogP contribution in [0.25, 0.3) is 0 Å². The maximum atomic E-state index is 13.4. The number of benzene rings is 1. The summed E-state index contributed by atoms with van der Waals surface area (Å²) in [7, 11) is 0. The summed E-state index contributed by atoms with van der Waals surface area (Å²) < 4.78 is 20.7. The minimum absolute atomic E-state index is 0.0342. The van der Waals surface area contributed by atoms with Gasteiger partial charge in [-0.05, 0) is 59.3 Å². The van der Waals surface area contributed by atoms with E-state index in [1.165, 1.54) is 35.9 Å². The quantitative estimate of drug-likeness (QED) is 0.489. The Hall–Kier alpha value is -3.30. The summed E-state index contributed by atoms with van der Waals surface area (Å²) in [6.45, 7) is 1.63. The average Bonchev–Trinajstić information content (AvgIpc) is 3.53. The van der Waals surface area contributed by atoms with Gasteiger partial charge in [-0.2, -0.15) is 11.3 Å². The first-order valence-corrected chi connectivity index (χ1v) is 12.1. The summed E-state index contributed by atoms with van der Waals surface area (Å²) in [5.74, 6) is -1.45. The molecule has 34 heavy (non-hydrogen) atoms. The molecule has 1 fully saturated rings. The lowest BCUT2D eigenvalue weighted by atomic mass is 10.1. The van der Waals surface area contributed by atoms with Crippen LogP contribution in [0.4, 0.5) is 4.39 Å². The van der Waals surface area contributed by atoms with E-state index in [0.29, 0.717) is 19.6 Å². The number of thiophene rings is 1. The van der Waals surface area contributed by atoms with Crippen LogP contribution in [-0.2, 0) is 24.2 Å². The number of hydrogen-bond acceptors (Lipinski definition) is 5. The molecule has 4 rings (SSSR count). The number of aromatic nitrogens is 1. The summed E-state index contributed by atoms with van der Waals surface area (Å²) in [6.07, 6.45) is 5.16. The average molecular weight is 484 g/mol. The molecule has 9 heteroatoms. The standard InChI is InChI=1S/C25H26FN3O4S/c26-19-4-1-3-17(11-19)6-8-27-24(31)21-14-29(13-20-5-2-9-33-20)15-22(23(21)30)25(32)28-12-18-7-10-34-16-18/h1,3-4,7,10-11,14-16,20H,2,5-6,8-9,12-13H2,(H,27,31)(H,28,32). The zero-order chi connectivity index (χ0) is 23.9. The highest BCUT2D eigenvalue weighted by Crippen LogP contribution is 2.14. The number of nitrogens with zero attached hydrogens (tertiary/aromatic N) is 1. The third-order valence-electron chi connectivity index (χ3n) is 5.63. The fourth-order valence-electron chi connectivity index (χ4n) is 3.86. The summed E-state index contributed by atoms with van der Waals surface area (Å²) in [6, 6.07) is 8.02. The second-order valence-electron chi connectivity index (χ2n) is 8.20. The van der Waals surface area contributed by atoms with Crippen molar-refractivity contribution in [1.82, 2.24) is 15.2 Å². The van der Waals surface area contributed by atoms with Gasteiger partial charge >= 0.3 is 0 Å². The van der Waals surface area contributed by atoms with Crippen molar-refractivity contribution in [1.29, 1.82) is 0 Å². The van der Waals surface area contributed by atoms with Crippen molar-refractivity contribution in [2.45, 2.75) is 38.5 Å². The topological polar surface area (TPSA) is 89.4 Å². The Morgan fingerprint density at radius 3 is 2.59 bits per heavy atom. The van der Waals surface area contributed by atoms with Crippen molar-refractivity contribution in [2.24, 2.45) is 0 Å². The fraction of sp³-hybridized carbons (Fsp3) is 0.320. The van der Waals surface area contributed by atoms with Crippen LogP contribution in [0.15, 0.2) is 58.3 Å². The van der Waals surface area contributed by atoms with Crippen LogP contribution < -0.4 is 16.1 Å². The number of ether oxygens (including phenoxy) is 1. The Labute approximate surface area is 200 Å². The summed E-state index contributed by atoms with van der Waals surface area (Å²) in [5.41, 5.74) is 0.836. The lowest BCUT2D eigenvalue weighted by Crippen LogP contribution is -2.36. The van der Waals surface area contributed by atoms with Crippen LogP contribution in [-0.4, -0.2) is 35.6 Å². The monoisotopic (exact) mass is 483 g/mol. The SMILES string of the molecule is O=C(NCCc1cccc(F)c1)c1cn(CC2CCCO2)cc(C(=O)NCc2ccsc2)c1=O. The summed E-state index contributed by atoms with van der Waals surface area (Å²) in [5, 5.41) is 9.29. The molecule has 2 amide bonds. The molecule has 1 atom stereocenters. The summed E-state index contributed by atoms with van der Waals surface area (Å²) in [4.78, 5) is 38.8.